The lowest BCUT2D eigenvalue weighted by molar-refractivity contribution is -0.121. The van der Waals surface area contributed by atoms with Gasteiger partial charge >= 0.3 is 6.09 Å². The van der Waals surface area contributed by atoms with Crippen LogP contribution in [0.2, 0.25) is 0 Å². The first-order chi connectivity index (χ1) is 14.5. The molecule has 9 heteroatoms. The fraction of sp³-hybridized carbons (Fsp3) is 0.571. The summed E-state index contributed by atoms with van der Waals surface area (Å²) in [7, 11) is 0. The van der Waals surface area contributed by atoms with Crippen molar-refractivity contribution in [1.29, 1.82) is 0 Å². The molecule has 0 radical (unpaired) electrons. The van der Waals surface area contributed by atoms with Gasteiger partial charge in [-0.05, 0) is 51.8 Å². The van der Waals surface area contributed by atoms with E-state index in [0.29, 0.717) is 62.8 Å². The van der Waals surface area contributed by atoms with Crippen LogP contribution in [-0.4, -0.2) is 68.3 Å². The summed E-state index contributed by atoms with van der Waals surface area (Å²) in [5.41, 5.74) is 0.387. The van der Waals surface area contributed by atoms with E-state index in [1.165, 1.54) is 0 Å². The van der Waals surface area contributed by atoms with E-state index in [1.54, 1.807) is 30.0 Å². The summed E-state index contributed by atoms with van der Waals surface area (Å²) < 4.78 is 16.0. The molecular weight excluding hydrogens is 390 g/mol. The average Bonchev–Trinajstić information content (AvgIpc) is 2.74. The van der Waals surface area contributed by atoms with E-state index in [-0.39, 0.29) is 30.5 Å². The van der Waals surface area contributed by atoms with Crippen LogP contribution in [0.25, 0.3) is 0 Å². The van der Waals surface area contributed by atoms with Crippen molar-refractivity contribution in [3.05, 3.63) is 23.8 Å². The predicted octanol–water partition coefficient (Wildman–Crippen LogP) is 1.95. The Balaban J connectivity index is 1.80. The SMILES string of the molecule is CCOC(=O)N1CCC(NC(=O)CNC(=O)c2ccc(OCC)c(OCC)c2)CC1. The van der Waals surface area contributed by atoms with Gasteiger partial charge < -0.3 is 29.7 Å². The maximum Gasteiger partial charge on any atom is 0.409 e. The van der Waals surface area contributed by atoms with Gasteiger partial charge in [-0.2, -0.15) is 0 Å². The Morgan fingerprint density at radius 1 is 1.00 bits per heavy atom. The van der Waals surface area contributed by atoms with Crippen LogP contribution in [0.15, 0.2) is 18.2 Å². The second-order valence-electron chi connectivity index (χ2n) is 6.74. The lowest BCUT2D eigenvalue weighted by atomic mass is 10.1. The zero-order chi connectivity index (χ0) is 21.9. The minimum atomic E-state index is -0.369. The van der Waals surface area contributed by atoms with Crippen LogP contribution in [-0.2, 0) is 9.53 Å². The van der Waals surface area contributed by atoms with Gasteiger partial charge in [-0.1, -0.05) is 0 Å². The third-order valence-corrected chi connectivity index (χ3v) is 4.60. The van der Waals surface area contributed by atoms with Crippen molar-refractivity contribution in [3.8, 4) is 11.5 Å². The molecule has 0 aromatic heterocycles. The summed E-state index contributed by atoms with van der Waals surface area (Å²) >= 11 is 0. The van der Waals surface area contributed by atoms with Crippen molar-refractivity contribution >= 4 is 17.9 Å². The number of ether oxygens (including phenoxy) is 3. The van der Waals surface area contributed by atoms with Gasteiger partial charge in [0.05, 0.1) is 26.4 Å². The van der Waals surface area contributed by atoms with Gasteiger partial charge in [0.1, 0.15) is 0 Å². The van der Waals surface area contributed by atoms with Crippen molar-refractivity contribution in [3.63, 3.8) is 0 Å². The highest BCUT2D eigenvalue weighted by atomic mass is 16.6. The van der Waals surface area contributed by atoms with Crippen LogP contribution in [0, 0.1) is 0 Å². The quantitative estimate of drug-likeness (QED) is 0.631. The van der Waals surface area contributed by atoms with E-state index in [4.69, 9.17) is 14.2 Å². The van der Waals surface area contributed by atoms with Gasteiger partial charge in [0.15, 0.2) is 11.5 Å². The molecule has 1 aromatic rings. The van der Waals surface area contributed by atoms with Crippen molar-refractivity contribution < 1.29 is 28.6 Å². The number of hydrogen-bond acceptors (Lipinski definition) is 6. The average molecular weight is 421 g/mol. The second-order valence-corrected chi connectivity index (χ2v) is 6.74. The Morgan fingerprint density at radius 3 is 2.30 bits per heavy atom. The first-order valence-corrected chi connectivity index (χ1v) is 10.4. The molecule has 0 bridgehead atoms. The summed E-state index contributed by atoms with van der Waals surface area (Å²) in [5.74, 6) is 0.424. The molecule has 0 aliphatic carbocycles. The molecule has 9 nitrogen and oxygen atoms in total. The molecule has 2 rings (SSSR count). The molecule has 1 aromatic carbocycles. The fourth-order valence-electron chi connectivity index (χ4n) is 3.15. The fourth-order valence-corrected chi connectivity index (χ4v) is 3.15. The summed E-state index contributed by atoms with van der Waals surface area (Å²) in [4.78, 5) is 37.9. The molecule has 1 fully saturated rings. The maximum absolute atomic E-state index is 12.4. The number of nitrogens with zero attached hydrogens (tertiary/aromatic N) is 1. The van der Waals surface area contributed by atoms with Crippen molar-refractivity contribution in [1.82, 2.24) is 15.5 Å². The molecule has 166 valence electrons. The Kier molecular flexibility index (Phi) is 9.24. The summed E-state index contributed by atoms with van der Waals surface area (Å²) in [6.07, 6.45) is 0.973. The zero-order valence-electron chi connectivity index (χ0n) is 17.9. The minimum absolute atomic E-state index is 0.0323. The van der Waals surface area contributed by atoms with E-state index >= 15 is 0 Å². The molecule has 0 spiro atoms. The van der Waals surface area contributed by atoms with Crippen LogP contribution in [0.4, 0.5) is 4.79 Å². The molecule has 0 saturated carbocycles. The number of piperidine rings is 1. The molecule has 1 saturated heterocycles. The van der Waals surface area contributed by atoms with Crippen LogP contribution >= 0.6 is 0 Å². The number of nitrogens with one attached hydrogen (secondary N) is 2. The van der Waals surface area contributed by atoms with Crippen LogP contribution in [0.1, 0.15) is 44.0 Å². The minimum Gasteiger partial charge on any atom is -0.490 e. The number of carbonyl (C=O) groups is 3. The van der Waals surface area contributed by atoms with E-state index in [0.717, 1.165) is 0 Å². The first kappa shape index (κ1) is 23.3. The third-order valence-electron chi connectivity index (χ3n) is 4.60. The lowest BCUT2D eigenvalue weighted by Gasteiger charge is -2.31. The lowest BCUT2D eigenvalue weighted by Crippen LogP contribution is -2.48. The number of rotatable bonds is 9. The molecule has 3 amide bonds. The summed E-state index contributed by atoms with van der Waals surface area (Å²) in [6, 6.07) is 4.88. The van der Waals surface area contributed by atoms with Crippen molar-refractivity contribution in [2.24, 2.45) is 0 Å². The summed E-state index contributed by atoms with van der Waals surface area (Å²) in [6.45, 7) is 7.70. The van der Waals surface area contributed by atoms with Crippen LogP contribution < -0.4 is 20.1 Å². The number of amides is 3. The standard InChI is InChI=1S/C21H31N3O6/c1-4-28-17-8-7-15(13-18(17)29-5-2)20(26)22-14-19(25)23-16-9-11-24(12-10-16)21(27)30-6-3/h7-8,13,16H,4-6,9-12,14H2,1-3H3,(H,22,26)(H,23,25). The topological polar surface area (TPSA) is 106 Å². The first-order valence-electron chi connectivity index (χ1n) is 10.4. The molecule has 1 aliphatic heterocycles. The Morgan fingerprint density at radius 2 is 1.67 bits per heavy atom. The zero-order valence-corrected chi connectivity index (χ0v) is 17.9. The maximum atomic E-state index is 12.4. The third kappa shape index (κ3) is 6.82. The number of benzene rings is 1. The molecular formula is C21H31N3O6. The monoisotopic (exact) mass is 421 g/mol. The largest absolute Gasteiger partial charge is 0.490 e. The molecule has 2 N–H and O–H groups in total. The van der Waals surface area contributed by atoms with Gasteiger partial charge in [0, 0.05) is 24.7 Å². The molecule has 30 heavy (non-hydrogen) atoms. The Labute approximate surface area is 177 Å². The van der Waals surface area contributed by atoms with Gasteiger partial charge in [0.2, 0.25) is 5.91 Å². The van der Waals surface area contributed by atoms with Crippen LogP contribution in [0.3, 0.4) is 0 Å². The van der Waals surface area contributed by atoms with Crippen LogP contribution in [0.5, 0.6) is 11.5 Å². The van der Waals surface area contributed by atoms with E-state index in [9.17, 15) is 14.4 Å². The molecule has 1 heterocycles. The van der Waals surface area contributed by atoms with E-state index in [1.807, 2.05) is 13.8 Å². The molecule has 0 atom stereocenters. The highest BCUT2D eigenvalue weighted by molar-refractivity contribution is 5.97. The predicted molar refractivity (Wildman–Crippen MR) is 111 cm³/mol. The molecule has 1 aliphatic rings. The normalized spacial score (nSPS) is 14.0. The highest BCUT2D eigenvalue weighted by Crippen LogP contribution is 2.28. The highest BCUT2D eigenvalue weighted by Gasteiger charge is 2.24. The van der Waals surface area contributed by atoms with Gasteiger partial charge in [-0.3, -0.25) is 9.59 Å². The second kappa shape index (κ2) is 11.9. The smallest absolute Gasteiger partial charge is 0.409 e. The Bertz CT molecular complexity index is 731. The van der Waals surface area contributed by atoms with Gasteiger partial charge in [-0.15, -0.1) is 0 Å². The van der Waals surface area contributed by atoms with Gasteiger partial charge in [-0.25, -0.2) is 4.79 Å². The van der Waals surface area contributed by atoms with E-state index < -0.39 is 0 Å². The van der Waals surface area contributed by atoms with Crippen molar-refractivity contribution in [2.45, 2.75) is 39.7 Å². The van der Waals surface area contributed by atoms with E-state index in [2.05, 4.69) is 10.6 Å². The number of carbonyl (C=O) groups excluding carboxylic acids is 3. The number of hydrogen-bond donors (Lipinski definition) is 2. The Hall–Kier alpha value is -2.97. The summed E-state index contributed by atoms with van der Waals surface area (Å²) in [5, 5.41) is 5.52. The number of likely N-dealkylation sites (tertiary alicyclic amines) is 1. The van der Waals surface area contributed by atoms with Gasteiger partial charge in [0.25, 0.3) is 5.91 Å². The molecule has 0 unspecified atom stereocenters. The van der Waals surface area contributed by atoms with Crippen molar-refractivity contribution in [2.75, 3.05) is 39.5 Å².